The van der Waals surface area contributed by atoms with Crippen LogP contribution in [0.3, 0.4) is 0 Å². The molecule has 0 atom stereocenters. The molecular formula is C22H23NO8S2. The molecule has 11 heteroatoms. The maximum absolute atomic E-state index is 13.2. The van der Waals surface area contributed by atoms with Gasteiger partial charge < -0.3 is 10.1 Å². The normalized spacial score (nSPS) is 12.2. The van der Waals surface area contributed by atoms with Crippen molar-refractivity contribution in [3.63, 3.8) is 0 Å². The van der Waals surface area contributed by atoms with Crippen LogP contribution in [-0.4, -0.2) is 39.0 Å². The summed E-state index contributed by atoms with van der Waals surface area (Å²) in [5.41, 5.74) is 3.46. The van der Waals surface area contributed by atoms with Gasteiger partial charge >= 0.3 is 0 Å². The highest BCUT2D eigenvalue weighted by Gasteiger charge is 2.24. The van der Waals surface area contributed by atoms with Gasteiger partial charge in [0.2, 0.25) is 0 Å². The molecule has 3 aromatic carbocycles. The number of fused-ring (bicyclic) bond motifs is 1. The van der Waals surface area contributed by atoms with Crippen molar-refractivity contribution in [1.82, 2.24) is 0 Å². The minimum Gasteiger partial charge on any atom is -0.380 e. The van der Waals surface area contributed by atoms with Gasteiger partial charge in [0.05, 0.1) is 12.3 Å². The number of hydrogen-bond acceptors (Lipinski definition) is 6. The summed E-state index contributed by atoms with van der Waals surface area (Å²) < 4.78 is 72.1. The molecule has 0 heterocycles. The molecule has 0 unspecified atom stereocenters. The van der Waals surface area contributed by atoms with E-state index >= 15 is 0 Å². The summed E-state index contributed by atoms with van der Waals surface area (Å²) >= 11 is 0. The molecule has 0 bridgehead atoms. The highest BCUT2D eigenvalue weighted by molar-refractivity contribution is 7.86. The lowest BCUT2D eigenvalue weighted by Gasteiger charge is -2.18. The first kappa shape index (κ1) is 24.8. The minimum atomic E-state index is -4.79. The van der Waals surface area contributed by atoms with Crippen LogP contribution in [0.15, 0.2) is 46.2 Å². The number of ether oxygens (including phenoxy) is 1. The second kappa shape index (κ2) is 8.84. The Morgan fingerprint density at radius 3 is 2.15 bits per heavy atom. The van der Waals surface area contributed by atoms with Crippen LogP contribution in [0.1, 0.15) is 32.6 Å². The smallest absolute Gasteiger partial charge is 0.295 e. The van der Waals surface area contributed by atoms with Gasteiger partial charge in [-0.25, -0.2) is 0 Å². The molecule has 176 valence electrons. The van der Waals surface area contributed by atoms with Crippen LogP contribution in [0.5, 0.6) is 0 Å². The van der Waals surface area contributed by atoms with E-state index in [-0.39, 0.29) is 16.5 Å². The van der Waals surface area contributed by atoms with Crippen molar-refractivity contribution in [1.29, 1.82) is 0 Å². The number of amides is 1. The molecule has 3 aromatic rings. The molecule has 0 radical (unpaired) electrons. The Balaban J connectivity index is 2.24. The molecule has 0 fully saturated rings. The van der Waals surface area contributed by atoms with Crippen molar-refractivity contribution < 1.29 is 35.5 Å². The van der Waals surface area contributed by atoms with Gasteiger partial charge in [0.25, 0.3) is 26.1 Å². The van der Waals surface area contributed by atoms with Crippen molar-refractivity contribution in [3.05, 3.63) is 64.2 Å². The second-order valence-electron chi connectivity index (χ2n) is 7.60. The SMILES string of the molecule is COCc1cc(C)c(C(=O)Nc2ccc(S(=O)(=O)O)c3cccc(S(=O)(=O)O)c23)c(C)c1C. The summed E-state index contributed by atoms with van der Waals surface area (Å²) in [6, 6.07) is 7.59. The molecule has 1 amide bonds. The Morgan fingerprint density at radius 1 is 0.939 bits per heavy atom. The zero-order valence-electron chi connectivity index (χ0n) is 18.3. The average molecular weight is 494 g/mol. The zero-order valence-corrected chi connectivity index (χ0v) is 20.0. The fourth-order valence-corrected chi connectivity index (χ4v) is 5.31. The van der Waals surface area contributed by atoms with Crippen molar-refractivity contribution in [2.24, 2.45) is 0 Å². The molecule has 0 aliphatic rings. The fraction of sp³-hybridized carbons (Fsp3) is 0.227. The number of nitrogens with one attached hydrogen (secondary N) is 1. The number of rotatable bonds is 6. The zero-order chi connectivity index (χ0) is 24.7. The highest BCUT2D eigenvalue weighted by atomic mass is 32.2. The number of hydrogen-bond donors (Lipinski definition) is 3. The van der Waals surface area contributed by atoms with Crippen LogP contribution in [0.2, 0.25) is 0 Å². The molecule has 0 spiro atoms. The number of anilines is 1. The second-order valence-corrected chi connectivity index (χ2v) is 10.4. The van der Waals surface area contributed by atoms with E-state index in [1.165, 1.54) is 12.1 Å². The number of methoxy groups -OCH3 is 1. The third-order valence-electron chi connectivity index (χ3n) is 5.50. The van der Waals surface area contributed by atoms with Gasteiger partial charge in [-0.3, -0.25) is 13.9 Å². The fourth-order valence-electron chi connectivity index (χ4n) is 3.90. The van der Waals surface area contributed by atoms with E-state index in [0.29, 0.717) is 23.3 Å². The standard InChI is InChI=1S/C22H23NO8S2/c1-12-10-15(11-31-4)13(2)14(3)20(12)22(24)23-17-8-9-18(32(25,26)27)16-6-5-7-19(21(16)17)33(28,29)30/h5-10H,11H2,1-4H3,(H,23,24)(H,25,26,27)(H,28,29,30). The number of carbonyl (C=O) groups is 1. The van der Waals surface area contributed by atoms with Gasteiger partial charge in [-0.1, -0.05) is 18.2 Å². The molecule has 0 saturated carbocycles. The third-order valence-corrected chi connectivity index (χ3v) is 7.31. The predicted octanol–water partition coefficient (Wildman–Crippen LogP) is 3.66. The number of carbonyl (C=O) groups excluding carboxylic acids is 1. The summed E-state index contributed by atoms with van der Waals surface area (Å²) in [5, 5.41) is 2.21. The molecule has 33 heavy (non-hydrogen) atoms. The third kappa shape index (κ3) is 4.77. The van der Waals surface area contributed by atoms with E-state index < -0.39 is 35.9 Å². The topological polar surface area (TPSA) is 147 Å². The average Bonchev–Trinajstić information content (AvgIpc) is 2.70. The van der Waals surface area contributed by atoms with Crippen LogP contribution < -0.4 is 5.32 Å². The Morgan fingerprint density at radius 2 is 1.58 bits per heavy atom. The number of aryl methyl sites for hydroxylation is 1. The number of benzene rings is 3. The summed E-state index contributed by atoms with van der Waals surface area (Å²) in [6.07, 6.45) is 0. The lowest BCUT2D eigenvalue weighted by molar-refractivity contribution is 0.102. The molecule has 0 aliphatic carbocycles. The van der Waals surface area contributed by atoms with Crippen LogP contribution in [-0.2, 0) is 31.6 Å². The van der Waals surface area contributed by atoms with Crippen LogP contribution >= 0.6 is 0 Å². The monoisotopic (exact) mass is 493 g/mol. The summed E-state index contributed by atoms with van der Waals surface area (Å²) in [7, 11) is -7.94. The molecule has 0 saturated heterocycles. The Labute approximate surface area is 191 Å². The van der Waals surface area contributed by atoms with E-state index in [9.17, 15) is 30.7 Å². The largest absolute Gasteiger partial charge is 0.380 e. The van der Waals surface area contributed by atoms with E-state index in [0.717, 1.165) is 29.3 Å². The lowest BCUT2D eigenvalue weighted by atomic mass is 9.93. The summed E-state index contributed by atoms with van der Waals surface area (Å²) in [6.45, 7) is 5.75. The summed E-state index contributed by atoms with van der Waals surface area (Å²) in [5.74, 6) is -0.553. The van der Waals surface area contributed by atoms with Crippen molar-refractivity contribution in [3.8, 4) is 0 Å². The first-order valence-electron chi connectivity index (χ1n) is 9.68. The van der Waals surface area contributed by atoms with Gasteiger partial charge in [0, 0.05) is 23.4 Å². The predicted molar refractivity (Wildman–Crippen MR) is 123 cm³/mol. The van der Waals surface area contributed by atoms with Gasteiger partial charge in [0.15, 0.2) is 0 Å². The van der Waals surface area contributed by atoms with E-state index in [1.54, 1.807) is 21.0 Å². The minimum absolute atomic E-state index is 0.0481. The quantitative estimate of drug-likeness (QED) is 0.441. The van der Waals surface area contributed by atoms with Crippen molar-refractivity contribution >= 4 is 42.6 Å². The first-order valence-corrected chi connectivity index (χ1v) is 12.6. The Kier molecular flexibility index (Phi) is 6.65. The lowest BCUT2D eigenvalue weighted by Crippen LogP contribution is -2.17. The first-order chi connectivity index (χ1) is 15.3. The molecule has 3 N–H and O–H groups in total. The Bertz CT molecular complexity index is 1490. The molecule has 0 aromatic heterocycles. The van der Waals surface area contributed by atoms with Crippen molar-refractivity contribution in [2.45, 2.75) is 37.2 Å². The molecule has 9 nitrogen and oxygen atoms in total. The van der Waals surface area contributed by atoms with Crippen LogP contribution in [0, 0.1) is 20.8 Å². The van der Waals surface area contributed by atoms with Gasteiger partial charge in [-0.2, -0.15) is 16.8 Å². The van der Waals surface area contributed by atoms with Gasteiger partial charge in [-0.15, -0.1) is 0 Å². The van der Waals surface area contributed by atoms with Crippen molar-refractivity contribution in [2.75, 3.05) is 12.4 Å². The molecule has 0 aliphatic heterocycles. The van der Waals surface area contributed by atoms with E-state index in [1.807, 2.05) is 13.0 Å². The van der Waals surface area contributed by atoms with E-state index in [4.69, 9.17) is 4.74 Å². The Hall–Kier alpha value is -2.83. The van der Waals surface area contributed by atoms with Crippen LogP contribution in [0.4, 0.5) is 5.69 Å². The highest BCUT2D eigenvalue weighted by Crippen LogP contribution is 2.35. The van der Waals surface area contributed by atoms with Crippen LogP contribution in [0.25, 0.3) is 10.8 Å². The molecule has 3 rings (SSSR count). The van der Waals surface area contributed by atoms with E-state index in [2.05, 4.69) is 5.32 Å². The maximum atomic E-state index is 13.2. The van der Waals surface area contributed by atoms with Gasteiger partial charge in [0.1, 0.15) is 9.79 Å². The summed E-state index contributed by atoms with van der Waals surface area (Å²) in [4.78, 5) is 12.1. The maximum Gasteiger partial charge on any atom is 0.295 e. The van der Waals surface area contributed by atoms with Gasteiger partial charge in [-0.05, 0) is 61.2 Å². The molecular weight excluding hydrogens is 470 g/mol.